The third-order valence-electron chi connectivity index (χ3n) is 2.41. The summed E-state index contributed by atoms with van der Waals surface area (Å²) < 4.78 is 30.9. The highest BCUT2D eigenvalue weighted by Gasteiger charge is 2.15. The van der Waals surface area contributed by atoms with Gasteiger partial charge in [-0.05, 0) is 24.7 Å². The lowest BCUT2D eigenvalue weighted by molar-refractivity contribution is 0.0600. The molecule has 0 aliphatic rings. The third kappa shape index (κ3) is 4.62. The normalized spacial score (nSPS) is 11.3. The first kappa shape index (κ1) is 15.6. The molecule has 0 radical (unpaired) electrons. The lowest BCUT2D eigenvalue weighted by Crippen LogP contribution is -2.31. The van der Waals surface area contributed by atoms with E-state index in [-0.39, 0.29) is 10.5 Å². The Hall–Kier alpha value is -1.44. The van der Waals surface area contributed by atoms with Crippen molar-refractivity contribution in [2.75, 3.05) is 26.7 Å². The molecule has 1 rings (SSSR count). The molecule has 0 aliphatic carbocycles. The zero-order chi connectivity index (χ0) is 14.3. The van der Waals surface area contributed by atoms with Crippen LogP contribution < -0.4 is 10.0 Å². The monoisotopic (exact) mass is 286 g/mol. The van der Waals surface area contributed by atoms with Crippen molar-refractivity contribution in [1.29, 1.82) is 0 Å². The molecular weight excluding hydrogens is 268 g/mol. The maximum absolute atomic E-state index is 12.0. The van der Waals surface area contributed by atoms with Crippen LogP contribution in [-0.2, 0) is 14.8 Å². The molecule has 0 spiro atoms. The predicted octanol–water partition coefficient (Wildman–Crippen LogP) is 0.361. The standard InChI is InChI=1S/C12H18N2O4S/c1-3-13-7-8-14-19(16,17)11-6-4-5-10(9-11)12(15)18-2/h4-6,9,13-14H,3,7-8H2,1-2H3. The van der Waals surface area contributed by atoms with Gasteiger partial charge in [0.2, 0.25) is 10.0 Å². The van der Waals surface area contributed by atoms with E-state index in [1.165, 1.54) is 31.4 Å². The number of rotatable bonds is 7. The van der Waals surface area contributed by atoms with E-state index in [1.807, 2.05) is 6.92 Å². The average molecular weight is 286 g/mol. The van der Waals surface area contributed by atoms with Crippen LogP contribution in [0.15, 0.2) is 29.2 Å². The van der Waals surface area contributed by atoms with Gasteiger partial charge in [0.1, 0.15) is 0 Å². The van der Waals surface area contributed by atoms with Crippen molar-refractivity contribution < 1.29 is 17.9 Å². The Balaban J connectivity index is 2.80. The van der Waals surface area contributed by atoms with Crippen LogP contribution in [0, 0.1) is 0 Å². The number of carbonyl (C=O) groups excluding carboxylic acids is 1. The van der Waals surface area contributed by atoms with Gasteiger partial charge in [-0.15, -0.1) is 0 Å². The maximum Gasteiger partial charge on any atom is 0.337 e. The second kappa shape index (κ2) is 7.22. The Bertz CT molecular complexity index is 528. The number of nitrogens with one attached hydrogen (secondary N) is 2. The smallest absolute Gasteiger partial charge is 0.337 e. The molecule has 0 heterocycles. The largest absolute Gasteiger partial charge is 0.465 e. The van der Waals surface area contributed by atoms with E-state index >= 15 is 0 Å². The summed E-state index contributed by atoms with van der Waals surface area (Å²) in [4.78, 5) is 11.4. The quantitative estimate of drug-likeness (QED) is 0.558. The average Bonchev–Trinajstić information content (AvgIpc) is 2.43. The summed E-state index contributed by atoms with van der Waals surface area (Å²) >= 11 is 0. The molecule has 1 aromatic rings. The van der Waals surface area contributed by atoms with Crippen LogP contribution in [0.4, 0.5) is 0 Å². The summed E-state index contributed by atoms with van der Waals surface area (Å²) in [5.74, 6) is -0.565. The number of ether oxygens (including phenoxy) is 1. The molecule has 0 saturated heterocycles. The molecule has 2 N–H and O–H groups in total. The van der Waals surface area contributed by atoms with Crippen LogP contribution in [0.3, 0.4) is 0 Å². The van der Waals surface area contributed by atoms with Gasteiger partial charge in [0.15, 0.2) is 0 Å². The lowest BCUT2D eigenvalue weighted by atomic mass is 10.2. The molecule has 1 aromatic carbocycles. The predicted molar refractivity (Wildman–Crippen MR) is 71.5 cm³/mol. The molecule has 7 heteroatoms. The van der Waals surface area contributed by atoms with Gasteiger partial charge in [0.25, 0.3) is 0 Å². The summed E-state index contributed by atoms with van der Waals surface area (Å²) in [6.07, 6.45) is 0. The minimum atomic E-state index is -3.60. The fraction of sp³-hybridized carbons (Fsp3) is 0.417. The highest BCUT2D eigenvalue weighted by molar-refractivity contribution is 7.89. The molecule has 106 valence electrons. The number of carbonyl (C=O) groups is 1. The van der Waals surface area contributed by atoms with Gasteiger partial charge in [0.05, 0.1) is 17.6 Å². The summed E-state index contributed by atoms with van der Waals surface area (Å²) in [6.45, 7) is 3.55. The van der Waals surface area contributed by atoms with Crippen LogP contribution in [-0.4, -0.2) is 41.1 Å². The Morgan fingerprint density at radius 1 is 1.32 bits per heavy atom. The molecule has 0 atom stereocenters. The van der Waals surface area contributed by atoms with Gasteiger partial charge in [-0.1, -0.05) is 13.0 Å². The van der Waals surface area contributed by atoms with E-state index < -0.39 is 16.0 Å². The van der Waals surface area contributed by atoms with E-state index in [2.05, 4.69) is 14.8 Å². The van der Waals surface area contributed by atoms with Crippen molar-refractivity contribution in [2.45, 2.75) is 11.8 Å². The minimum absolute atomic E-state index is 0.0481. The Kier molecular flexibility index (Phi) is 5.94. The van der Waals surface area contributed by atoms with Crippen LogP contribution in [0.2, 0.25) is 0 Å². The first-order chi connectivity index (χ1) is 9.01. The summed E-state index contributed by atoms with van der Waals surface area (Å²) in [5, 5.41) is 3.01. The summed E-state index contributed by atoms with van der Waals surface area (Å²) in [5.41, 5.74) is 0.206. The van der Waals surface area contributed by atoms with E-state index in [4.69, 9.17) is 0 Å². The van der Waals surface area contributed by atoms with E-state index in [1.54, 1.807) is 0 Å². The van der Waals surface area contributed by atoms with Crippen LogP contribution in [0.1, 0.15) is 17.3 Å². The van der Waals surface area contributed by atoms with Crippen molar-refractivity contribution in [1.82, 2.24) is 10.0 Å². The van der Waals surface area contributed by atoms with Crippen molar-refractivity contribution in [3.63, 3.8) is 0 Å². The number of sulfonamides is 1. The number of hydrogen-bond donors (Lipinski definition) is 2. The molecule has 0 fully saturated rings. The van der Waals surface area contributed by atoms with Crippen molar-refractivity contribution in [3.8, 4) is 0 Å². The van der Waals surface area contributed by atoms with Gasteiger partial charge < -0.3 is 10.1 Å². The number of hydrogen-bond acceptors (Lipinski definition) is 5. The highest BCUT2D eigenvalue weighted by Crippen LogP contribution is 2.11. The van der Waals surface area contributed by atoms with E-state index in [0.29, 0.717) is 13.1 Å². The zero-order valence-corrected chi connectivity index (χ0v) is 11.8. The van der Waals surface area contributed by atoms with Gasteiger partial charge in [-0.2, -0.15) is 0 Å². The van der Waals surface area contributed by atoms with Crippen LogP contribution >= 0.6 is 0 Å². The molecule has 0 aliphatic heterocycles. The molecule has 6 nitrogen and oxygen atoms in total. The Morgan fingerprint density at radius 3 is 2.68 bits per heavy atom. The second-order valence-electron chi connectivity index (χ2n) is 3.77. The topological polar surface area (TPSA) is 84.5 Å². The fourth-order valence-electron chi connectivity index (χ4n) is 1.44. The van der Waals surface area contributed by atoms with Crippen molar-refractivity contribution >= 4 is 16.0 Å². The molecular formula is C12H18N2O4S. The Labute approximate surface area is 113 Å². The molecule has 0 unspecified atom stereocenters. The number of likely N-dealkylation sites (N-methyl/N-ethyl adjacent to an activating group) is 1. The van der Waals surface area contributed by atoms with Crippen LogP contribution in [0.25, 0.3) is 0 Å². The first-order valence-corrected chi connectivity index (χ1v) is 7.38. The molecule has 0 amide bonds. The van der Waals surface area contributed by atoms with Gasteiger partial charge in [-0.3, -0.25) is 0 Å². The fourth-order valence-corrected chi connectivity index (χ4v) is 2.52. The maximum atomic E-state index is 12.0. The number of esters is 1. The van der Waals surface area contributed by atoms with Crippen molar-refractivity contribution in [3.05, 3.63) is 29.8 Å². The summed E-state index contributed by atoms with van der Waals surface area (Å²) in [7, 11) is -2.35. The van der Waals surface area contributed by atoms with E-state index in [0.717, 1.165) is 6.54 Å². The zero-order valence-electron chi connectivity index (χ0n) is 11.0. The molecule has 0 saturated carbocycles. The molecule has 0 aromatic heterocycles. The third-order valence-corrected chi connectivity index (χ3v) is 3.87. The van der Waals surface area contributed by atoms with Crippen LogP contribution in [0.5, 0.6) is 0 Å². The SMILES string of the molecule is CCNCCNS(=O)(=O)c1cccc(C(=O)OC)c1. The number of benzene rings is 1. The highest BCUT2D eigenvalue weighted by atomic mass is 32.2. The van der Waals surface area contributed by atoms with Gasteiger partial charge in [0, 0.05) is 13.1 Å². The molecule has 0 bridgehead atoms. The van der Waals surface area contributed by atoms with Gasteiger partial charge >= 0.3 is 5.97 Å². The summed E-state index contributed by atoms with van der Waals surface area (Å²) in [6, 6.07) is 5.73. The minimum Gasteiger partial charge on any atom is -0.465 e. The van der Waals surface area contributed by atoms with Crippen molar-refractivity contribution in [2.24, 2.45) is 0 Å². The van der Waals surface area contributed by atoms with E-state index in [9.17, 15) is 13.2 Å². The lowest BCUT2D eigenvalue weighted by Gasteiger charge is -2.08. The first-order valence-electron chi connectivity index (χ1n) is 5.90. The number of methoxy groups -OCH3 is 1. The molecule has 19 heavy (non-hydrogen) atoms. The second-order valence-corrected chi connectivity index (χ2v) is 5.54. The Morgan fingerprint density at radius 2 is 2.05 bits per heavy atom. The van der Waals surface area contributed by atoms with Gasteiger partial charge in [-0.25, -0.2) is 17.9 Å².